The maximum atomic E-state index is 11.3. The molecule has 188 valence electrons. The minimum atomic E-state index is 0.0258. The van der Waals surface area contributed by atoms with E-state index in [2.05, 4.69) is 31.9 Å². The predicted molar refractivity (Wildman–Crippen MR) is 149 cm³/mol. The van der Waals surface area contributed by atoms with E-state index in [0.29, 0.717) is 47.5 Å². The van der Waals surface area contributed by atoms with E-state index in [-0.39, 0.29) is 11.6 Å². The molecule has 0 amide bonds. The normalized spacial score (nSPS) is 14.5. The molecule has 2 aromatic carbocycles. The van der Waals surface area contributed by atoms with Gasteiger partial charge in [-0.05, 0) is 49.4 Å². The highest BCUT2D eigenvalue weighted by molar-refractivity contribution is 7.80. The van der Waals surface area contributed by atoms with Crippen LogP contribution in [-0.4, -0.2) is 70.4 Å². The zero-order valence-electron chi connectivity index (χ0n) is 20.0. The zero-order chi connectivity index (χ0) is 25.9. The lowest BCUT2D eigenvalue weighted by molar-refractivity contribution is 0.0936. The van der Waals surface area contributed by atoms with Crippen LogP contribution in [0.3, 0.4) is 0 Å². The molecule has 1 fully saturated rings. The lowest BCUT2D eigenvalue weighted by Crippen LogP contribution is -2.59. The fourth-order valence-corrected chi connectivity index (χ4v) is 3.57. The molecule has 0 radical (unpaired) electrons. The van der Waals surface area contributed by atoms with E-state index < -0.39 is 0 Å². The molecule has 0 atom stereocenters. The Labute approximate surface area is 220 Å². The lowest BCUT2D eigenvalue weighted by Gasteiger charge is -2.35. The van der Waals surface area contributed by atoms with Crippen LogP contribution in [0.25, 0.3) is 0 Å². The summed E-state index contributed by atoms with van der Waals surface area (Å²) in [5.74, 6) is 0.0515. The van der Waals surface area contributed by atoms with E-state index in [4.69, 9.17) is 24.4 Å². The first-order valence-electron chi connectivity index (χ1n) is 11.2. The quantitative estimate of drug-likeness (QED) is 0.177. The number of ketones is 2. The second kappa shape index (κ2) is 13.5. The number of carbonyl (C=O) groups is 2. The second-order valence-corrected chi connectivity index (χ2v) is 8.77. The predicted octanol–water partition coefficient (Wildman–Crippen LogP) is 1.84. The molecule has 3 rings (SSSR count). The summed E-state index contributed by atoms with van der Waals surface area (Å²) in [5, 5.41) is 13.0. The molecule has 1 heterocycles. The zero-order valence-corrected chi connectivity index (χ0v) is 21.7. The van der Waals surface area contributed by atoms with Crippen molar-refractivity contribution in [3.8, 4) is 0 Å². The first-order valence-corrected chi connectivity index (χ1v) is 12.0. The standard InChI is InChI=1S/C24H28N8O2S2/c1-17(33)21-7-3-19(4-8-21)15-25-27-23(35)29-31-11-13-32(14-12-31)30-24(36)28-26-16-20-5-9-22(10-6-20)18(2)34/h3-10,15-16H,11-14H2,1-2H3,(H2,27,29,35)(H2,28,30,36)/b25-15-,26-16?. The van der Waals surface area contributed by atoms with Gasteiger partial charge in [0.25, 0.3) is 0 Å². The summed E-state index contributed by atoms with van der Waals surface area (Å²) in [7, 11) is 0. The Morgan fingerprint density at radius 1 is 0.694 bits per heavy atom. The molecule has 10 nitrogen and oxygen atoms in total. The fourth-order valence-electron chi connectivity index (χ4n) is 3.21. The van der Waals surface area contributed by atoms with Crippen LogP contribution in [-0.2, 0) is 0 Å². The summed E-state index contributed by atoms with van der Waals surface area (Å²) in [5.41, 5.74) is 14.8. The maximum absolute atomic E-state index is 11.3. The van der Waals surface area contributed by atoms with E-state index in [9.17, 15) is 9.59 Å². The molecular weight excluding hydrogens is 496 g/mol. The van der Waals surface area contributed by atoms with Crippen molar-refractivity contribution in [2.24, 2.45) is 10.2 Å². The minimum Gasteiger partial charge on any atom is -0.295 e. The van der Waals surface area contributed by atoms with Gasteiger partial charge in [-0.3, -0.25) is 31.3 Å². The van der Waals surface area contributed by atoms with E-state index in [1.165, 1.54) is 13.8 Å². The van der Waals surface area contributed by atoms with Crippen LogP contribution in [0, 0.1) is 0 Å². The number of rotatable bonds is 8. The van der Waals surface area contributed by atoms with Gasteiger partial charge in [0.15, 0.2) is 11.6 Å². The van der Waals surface area contributed by atoms with Crippen molar-refractivity contribution in [2.75, 3.05) is 26.2 Å². The third kappa shape index (κ3) is 8.89. The average molecular weight is 525 g/mol. The van der Waals surface area contributed by atoms with Crippen LogP contribution in [0.15, 0.2) is 58.7 Å². The summed E-state index contributed by atoms with van der Waals surface area (Å²) in [4.78, 5) is 22.7. The largest absolute Gasteiger partial charge is 0.295 e. The first kappa shape index (κ1) is 27.0. The Bertz CT molecular complexity index is 1050. The molecule has 1 saturated heterocycles. The second-order valence-electron chi connectivity index (χ2n) is 7.95. The van der Waals surface area contributed by atoms with E-state index in [0.717, 1.165) is 11.1 Å². The fraction of sp³-hybridized carbons (Fsp3) is 0.250. The number of thiocarbonyl (C=S) groups is 2. The number of benzene rings is 2. The van der Waals surface area contributed by atoms with Gasteiger partial charge in [0, 0.05) is 37.3 Å². The van der Waals surface area contributed by atoms with E-state index in [1.54, 1.807) is 36.7 Å². The number of carbonyl (C=O) groups excluding carboxylic acids is 2. The highest BCUT2D eigenvalue weighted by Gasteiger charge is 2.17. The summed E-state index contributed by atoms with van der Waals surface area (Å²) < 4.78 is 0. The topological polar surface area (TPSA) is 113 Å². The number of nitrogens with zero attached hydrogens (tertiary/aromatic N) is 4. The number of hydrazine groups is 2. The molecule has 0 bridgehead atoms. The van der Waals surface area contributed by atoms with Gasteiger partial charge < -0.3 is 0 Å². The van der Waals surface area contributed by atoms with E-state index in [1.807, 2.05) is 34.3 Å². The van der Waals surface area contributed by atoms with Crippen molar-refractivity contribution in [2.45, 2.75) is 13.8 Å². The van der Waals surface area contributed by atoms with Gasteiger partial charge in [-0.25, -0.2) is 10.0 Å². The van der Waals surface area contributed by atoms with Gasteiger partial charge >= 0.3 is 0 Å². The Morgan fingerprint density at radius 2 is 1.03 bits per heavy atom. The highest BCUT2D eigenvalue weighted by Crippen LogP contribution is 2.04. The maximum Gasteiger partial charge on any atom is 0.201 e. The summed E-state index contributed by atoms with van der Waals surface area (Å²) in [6, 6.07) is 14.3. The molecule has 0 unspecified atom stereocenters. The molecule has 0 saturated carbocycles. The molecule has 1 aliphatic rings. The van der Waals surface area contributed by atoms with Crippen molar-refractivity contribution >= 4 is 58.7 Å². The third-order valence-electron chi connectivity index (χ3n) is 5.19. The average Bonchev–Trinajstić information content (AvgIpc) is 2.86. The third-order valence-corrected chi connectivity index (χ3v) is 5.56. The Kier molecular flexibility index (Phi) is 10.1. The number of piperazine rings is 1. The summed E-state index contributed by atoms with van der Waals surface area (Å²) in [6.07, 6.45) is 3.27. The van der Waals surface area contributed by atoms with E-state index >= 15 is 0 Å². The highest BCUT2D eigenvalue weighted by atomic mass is 32.1. The molecule has 1 aliphatic heterocycles. The molecule has 12 heteroatoms. The van der Waals surface area contributed by atoms with Crippen molar-refractivity contribution in [1.82, 2.24) is 31.7 Å². The summed E-state index contributed by atoms with van der Waals surface area (Å²) >= 11 is 10.6. The molecule has 4 N–H and O–H groups in total. The number of hydrazone groups is 2. The molecule has 36 heavy (non-hydrogen) atoms. The van der Waals surface area contributed by atoms with Crippen LogP contribution in [0.1, 0.15) is 45.7 Å². The van der Waals surface area contributed by atoms with Gasteiger partial charge in [0.1, 0.15) is 0 Å². The number of hydrogen-bond donors (Lipinski definition) is 4. The van der Waals surface area contributed by atoms with Gasteiger partial charge in [-0.15, -0.1) is 0 Å². The van der Waals surface area contributed by atoms with Crippen molar-refractivity contribution < 1.29 is 9.59 Å². The van der Waals surface area contributed by atoms with Gasteiger partial charge in [0.05, 0.1) is 12.4 Å². The van der Waals surface area contributed by atoms with Crippen molar-refractivity contribution in [1.29, 1.82) is 0 Å². The minimum absolute atomic E-state index is 0.0258. The van der Waals surface area contributed by atoms with Crippen LogP contribution in [0.4, 0.5) is 0 Å². The molecular formula is C24H28N8O2S2. The molecule has 0 aliphatic carbocycles. The van der Waals surface area contributed by atoms with Crippen molar-refractivity contribution in [3.63, 3.8) is 0 Å². The number of Topliss-reactive ketones (excluding diaryl/α,β-unsaturated/α-hetero) is 2. The smallest absolute Gasteiger partial charge is 0.201 e. The lowest BCUT2D eigenvalue weighted by atomic mass is 10.1. The van der Waals surface area contributed by atoms with Gasteiger partial charge in [0.2, 0.25) is 10.2 Å². The molecule has 0 aromatic heterocycles. The number of nitrogens with one attached hydrogen (secondary N) is 4. The van der Waals surface area contributed by atoms with Crippen LogP contribution >= 0.6 is 24.4 Å². The summed E-state index contributed by atoms with van der Waals surface area (Å²) in [6.45, 7) is 5.90. The van der Waals surface area contributed by atoms with Crippen LogP contribution in [0.5, 0.6) is 0 Å². The SMILES string of the molecule is CC(=O)c1ccc(C=NNC(=S)NN2CCN(NC(=S)N/N=C\c3ccc(C(C)=O)cc3)CC2)cc1. The molecule has 2 aromatic rings. The van der Waals surface area contributed by atoms with Gasteiger partial charge in [-0.2, -0.15) is 10.2 Å². The van der Waals surface area contributed by atoms with Crippen LogP contribution in [0.2, 0.25) is 0 Å². The molecule has 0 spiro atoms. The van der Waals surface area contributed by atoms with Gasteiger partial charge in [-0.1, -0.05) is 48.5 Å². The Hall–Kier alpha value is -3.58. The Balaban J connectivity index is 1.32. The first-order chi connectivity index (χ1) is 17.3. The Morgan fingerprint density at radius 3 is 1.33 bits per heavy atom. The monoisotopic (exact) mass is 524 g/mol. The number of hydrogen-bond acceptors (Lipinski definition) is 8. The van der Waals surface area contributed by atoms with Crippen LogP contribution < -0.4 is 21.7 Å². The van der Waals surface area contributed by atoms with Crippen molar-refractivity contribution in [3.05, 3.63) is 70.8 Å².